The molecule has 0 bridgehead atoms. The van der Waals surface area contributed by atoms with Gasteiger partial charge in [-0.05, 0) is 51.5 Å². The average molecular weight is 452 g/mol. The van der Waals surface area contributed by atoms with Gasteiger partial charge in [0.2, 0.25) is 11.8 Å². The normalized spacial score (nSPS) is 21.5. The van der Waals surface area contributed by atoms with Gasteiger partial charge < -0.3 is 15.3 Å². The molecule has 0 saturated carbocycles. The maximum Gasteiger partial charge on any atom is 0.331 e. The van der Waals surface area contributed by atoms with Gasteiger partial charge in [-0.2, -0.15) is 0 Å². The molecule has 1 saturated heterocycles. The quantitative estimate of drug-likeness (QED) is 0.468. The zero-order valence-corrected chi connectivity index (χ0v) is 21.4. The van der Waals surface area contributed by atoms with Crippen LogP contribution in [0.1, 0.15) is 80.6 Å². The van der Waals surface area contributed by atoms with Gasteiger partial charge in [0.05, 0.1) is 12.1 Å². The Kier molecular flexibility index (Phi) is 11.4. The fraction of sp³-hybridized carbons (Fsp3) is 0.800. The molecule has 1 heterocycles. The highest BCUT2D eigenvalue weighted by molar-refractivity contribution is 5.90. The molecule has 5 atom stereocenters. The van der Waals surface area contributed by atoms with Gasteiger partial charge in [-0.1, -0.05) is 53.5 Å². The van der Waals surface area contributed by atoms with Crippen LogP contribution in [0.4, 0.5) is 0 Å². The number of likely N-dealkylation sites (tertiary alicyclic amines) is 1. The predicted molar refractivity (Wildman–Crippen MR) is 128 cm³/mol. The molecular weight excluding hydrogens is 406 g/mol. The lowest BCUT2D eigenvalue weighted by Crippen LogP contribution is -2.59. The molecule has 1 rings (SSSR count). The summed E-state index contributed by atoms with van der Waals surface area (Å²) in [4.78, 5) is 42.1. The summed E-state index contributed by atoms with van der Waals surface area (Å²) in [6.45, 7) is 14.6. The molecule has 1 unspecified atom stereocenters. The first kappa shape index (κ1) is 28.1. The Morgan fingerprint density at radius 2 is 1.75 bits per heavy atom. The standard InChI is InChI=1S/C25H45N3O4/c1-9-17(5)21(15-18(6)25(31)32)27(8)24(30)22(16(3)4)26-23(29)20-13-11-12-14-28(20)19(7)10-2/h15-17,19-22H,9-14H2,1-8H3,(H,26,29)(H,31,32)/b18-15+/t17-,19?,20+,21+,22-/m0/s1. The third kappa shape index (κ3) is 7.32. The van der Waals surface area contributed by atoms with E-state index >= 15 is 0 Å². The Bertz CT molecular complexity index is 676. The van der Waals surface area contributed by atoms with Crippen molar-refractivity contribution < 1.29 is 19.5 Å². The number of piperidine rings is 1. The highest BCUT2D eigenvalue weighted by Gasteiger charge is 2.36. The van der Waals surface area contributed by atoms with E-state index in [-0.39, 0.29) is 41.3 Å². The smallest absolute Gasteiger partial charge is 0.331 e. The van der Waals surface area contributed by atoms with Crippen molar-refractivity contribution >= 4 is 17.8 Å². The molecule has 0 radical (unpaired) electrons. The first-order valence-electron chi connectivity index (χ1n) is 12.2. The van der Waals surface area contributed by atoms with Crippen LogP contribution in [0.15, 0.2) is 11.6 Å². The van der Waals surface area contributed by atoms with Crippen LogP contribution in [-0.2, 0) is 14.4 Å². The third-order valence-corrected chi connectivity index (χ3v) is 7.01. The molecule has 7 heteroatoms. The first-order valence-corrected chi connectivity index (χ1v) is 12.2. The fourth-order valence-electron chi connectivity index (χ4n) is 4.35. The van der Waals surface area contributed by atoms with Crippen molar-refractivity contribution in [3.63, 3.8) is 0 Å². The zero-order valence-electron chi connectivity index (χ0n) is 21.4. The minimum atomic E-state index is -0.990. The highest BCUT2D eigenvalue weighted by Crippen LogP contribution is 2.23. The molecular formula is C25H45N3O4. The van der Waals surface area contributed by atoms with Gasteiger partial charge in [0.25, 0.3) is 0 Å². The van der Waals surface area contributed by atoms with Crippen molar-refractivity contribution in [2.45, 2.75) is 105 Å². The van der Waals surface area contributed by atoms with Crippen LogP contribution in [-0.4, -0.2) is 70.4 Å². The minimum Gasteiger partial charge on any atom is -0.478 e. The Labute approximate surface area is 194 Å². The summed E-state index contributed by atoms with van der Waals surface area (Å²) in [7, 11) is 1.71. The Morgan fingerprint density at radius 3 is 2.25 bits per heavy atom. The van der Waals surface area contributed by atoms with Crippen molar-refractivity contribution in [1.82, 2.24) is 15.1 Å². The van der Waals surface area contributed by atoms with Gasteiger partial charge in [0.1, 0.15) is 6.04 Å². The number of carboxylic acids is 1. The number of aliphatic carboxylic acids is 1. The van der Waals surface area contributed by atoms with E-state index in [0.717, 1.165) is 38.6 Å². The van der Waals surface area contributed by atoms with Crippen LogP contribution >= 0.6 is 0 Å². The number of carbonyl (C=O) groups is 3. The van der Waals surface area contributed by atoms with Crippen LogP contribution in [0, 0.1) is 11.8 Å². The lowest BCUT2D eigenvalue weighted by molar-refractivity contribution is -0.140. The summed E-state index contributed by atoms with van der Waals surface area (Å²) in [6.07, 6.45) is 6.34. The molecule has 2 amide bonds. The summed E-state index contributed by atoms with van der Waals surface area (Å²) >= 11 is 0. The van der Waals surface area contributed by atoms with E-state index in [0.29, 0.717) is 6.04 Å². The minimum absolute atomic E-state index is 0.0807. The maximum atomic E-state index is 13.5. The number of carbonyl (C=O) groups excluding carboxylic acids is 2. The monoisotopic (exact) mass is 451 g/mol. The van der Waals surface area contributed by atoms with E-state index in [1.165, 1.54) is 0 Å². The maximum absolute atomic E-state index is 13.5. The van der Waals surface area contributed by atoms with Crippen molar-refractivity contribution in [2.24, 2.45) is 11.8 Å². The van der Waals surface area contributed by atoms with Gasteiger partial charge in [-0.3, -0.25) is 14.5 Å². The topological polar surface area (TPSA) is 90.0 Å². The second-order valence-electron chi connectivity index (χ2n) is 9.72. The molecule has 184 valence electrons. The molecule has 0 aliphatic carbocycles. The Hall–Kier alpha value is -1.89. The highest BCUT2D eigenvalue weighted by atomic mass is 16.4. The third-order valence-electron chi connectivity index (χ3n) is 7.01. The molecule has 0 aromatic heterocycles. The fourth-order valence-corrected chi connectivity index (χ4v) is 4.35. The number of nitrogens with one attached hydrogen (secondary N) is 1. The van der Waals surface area contributed by atoms with Crippen molar-refractivity contribution in [3.05, 3.63) is 11.6 Å². The van der Waals surface area contributed by atoms with E-state index in [2.05, 4.69) is 24.1 Å². The molecule has 32 heavy (non-hydrogen) atoms. The zero-order chi connectivity index (χ0) is 24.6. The molecule has 7 nitrogen and oxygen atoms in total. The van der Waals surface area contributed by atoms with E-state index in [1.54, 1.807) is 24.9 Å². The van der Waals surface area contributed by atoms with E-state index < -0.39 is 12.0 Å². The summed E-state index contributed by atoms with van der Waals surface area (Å²) in [5.74, 6) is -1.25. The number of hydrogen-bond acceptors (Lipinski definition) is 4. The Balaban J connectivity index is 3.10. The molecule has 0 aromatic rings. The number of hydrogen-bond donors (Lipinski definition) is 2. The van der Waals surface area contributed by atoms with Crippen LogP contribution < -0.4 is 5.32 Å². The largest absolute Gasteiger partial charge is 0.478 e. The lowest BCUT2D eigenvalue weighted by atomic mass is 9.93. The summed E-state index contributed by atoms with van der Waals surface area (Å²) in [5, 5.41) is 12.4. The van der Waals surface area contributed by atoms with Crippen LogP contribution in [0.2, 0.25) is 0 Å². The summed E-state index contributed by atoms with van der Waals surface area (Å²) < 4.78 is 0. The van der Waals surface area contributed by atoms with Gasteiger partial charge >= 0.3 is 5.97 Å². The van der Waals surface area contributed by atoms with Gasteiger partial charge in [-0.25, -0.2) is 4.79 Å². The second kappa shape index (κ2) is 13.0. The number of rotatable bonds is 11. The van der Waals surface area contributed by atoms with E-state index in [1.807, 2.05) is 27.7 Å². The number of amides is 2. The summed E-state index contributed by atoms with van der Waals surface area (Å²) in [5.41, 5.74) is 0.214. The second-order valence-corrected chi connectivity index (χ2v) is 9.72. The van der Waals surface area contributed by atoms with Crippen LogP contribution in [0.3, 0.4) is 0 Å². The molecule has 0 spiro atoms. The molecule has 1 aliphatic heterocycles. The van der Waals surface area contributed by atoms with Crippen LogP contribution in [0.25, 0.3) is 0 Å². The number of nitrogens with zero attached hydrogens (tertiary/aromatic N) is 2. The lowest BCUT2D eigenvalue weighted by Gasteiger charge is -2.40. The average Bonchev–Trinajstić information content (AvgIpc) is 2.78. The molecule has 1 aliphatic rings. The SMILES string of the molecule is CCC(C)N1CCCC[C@@H]1C(=O)N[C@H](C(=O)N(C)[C@H](/C=C(\C)C(=O)O)[C@@H](C)CC)C(C)C. The van der Waals surface area contributed by atoms with Gasteiger partial charge in [0.15, 0.2) is 0 Å². The van der Waals surface area contributed by atoms with Crippen molar-refractivity contribution in [3.8, 4) is 0 Å². The number of likely N-dealkylation sites (N-methyl/N-ethyl adjacent to an activating group) is 1. The van der Waals surface area contributed by atoms with Crippen molar-refractivity contribution in [1.29, 1.82) is 0 Å². The molecule has 2 N–H and O–H groups in total. The first-order chi connectivity index (χ1) is 15.0. The van der Waals surface area contributed by atoms with Crippen molar-refractivity contribution in [2.75, 3.05) is 13.6 Å². The van der Waals surface area contributed by atoms with E-state index in [9.17, 15) is 19.5 Å². The van der Waals surface area contributed by atoms with E-state index in [4.69, 9.17) is 0 Å². The number of carboxylic acid groups (broad SMARTS) is 1. The molecule has 1 fully saturated rings. The Morgan fingerprint density at radius 1 is 1.12 bits per heavy atom. The van der Waals surface area contributed by atoms with Gasteiger partial charge in [-0.15, -0.1) is 0 Å². The summed E-state index contributed by atoms with van der Waals surface area (Å²) in [6, 6.07) is -0.898. The molecule has 0 aromatic carbocycles. The van der Waals surface area contributed by atoms with Crippen LogP contribution in [0.5, 0.6) is 0 Å². The van der Waals surface area contributed by atoms with Gasteiger partial charge in [0, 0.05) is 18.7 Å². The predicted octanol–water partition coefficient (Wildman–Crippen LogP) is 3.68.